The molecule has 1 aliphatic rings. The van der Waals surface area contributed by atoms with Gasteiger partial charge in [0.15, 0.2) is 0 Å². The highest BCUT2D eigenvalue weighted by molar-refractivity contribution is 5.81. The zero-order valence-electron chi connectivity index (χ0n) is 11.7. The van der Waals surface area contributed by atoms with Crippen LogP contribution in [0.4, 0.5) is 4.79 Å². The molecule has 8 nitrogen and oxygen atoms in total. The smallest absolute Gasteiger partial charge is 0.323 e. The Balaban J connectivity index is 2.61. The first-order valence-corrected chi connectivity index (χ1v) is 6.32. The summed E-state index contributed by atoms with van der Waals surface area (Å²) in [5, 5.41) is 8.83. The Morgan fingerprint density at radius 2 is 2.05 bits per heavy atom. The molecule has 1 fully saturated rings. The van der Waals surface area contributed by atoms with Crippen molar-refractivity contribution in [2.75, 3.05) is 47.0 Å². The highest BCUT2D eigenvalue weighted by Gasteiger charge is 2.34. The molecule has 20 heavy (non-hydrogen) atoms. The molecule has 0 radical (unpaired) electrons. The third-order valence-electron chi connectivity index (χ3n) is 3.16. The number of urea groups is 1. The van der Waals surface area contributed by atoms with E-state index in [1.54, 1.807) is 0 Å². The van der Waals surface area contributed by atoms with Crippen molar-refractivity contribution in [1.29, 1.82) is 0 Å². The summed E-state index contributed by atoms with van der Waals surface area (Å²) < 4.78 is 9.51. The van der Waals surface area contributed by atoms with Crippen molar-refractivity contribution < 1.29 is 29.0 Å². The number of methoxy groups -OCH3 is 2. The van der Waals surface area contributed by atoms with Crippen LogP contribution >= 0.6 is 0 Å². The fourth-order valence-corrected chi connectivity index (χ4v) is 2.10. The maximum atomic E-state index is 12.2. The number of aliphatic carboxylic acids is 1. The van der Waals surface area contributed by atoms with E-state index >= 15 is 0 Å². The number of hydrogen-bond donors (Lipinski definition) is 1. The number of carbonyl (C=O) groups is 3. The summed E-state index contributed by atoms with van der Waals surface area (Å²) in [5.41, 5.74) is 0. The summed E-state index contributed by atoms with van der Waals surface area (Å²) in [4.78, 5) is 37.1. The van der Waals surface area contributed by atoms with Gasteiger partial charge in [0.1, 0.15) is 6.54 Å². The molecule has 0 aromatic heterocycles. The number of carbonyl (C=O) groups excluding carboxylic acids is 2. The zero-order valence-corrected chi connectivity index (χ0v) is 11.7. The molecule has 1 atom stereocenters. The van der Waals surface area contributed by atoms with E-state index in [2.05, 4.69) is 4.74 Å². The van der Waals surface area contributed by atoms with Crippen LogP contribution < -0.4 is 0 Å². The van der Waals surface area contributed by atoms with Gasteiger partial charge < -0.3 is 24.4 Å². The minimum absolute atomic E-state index is 0.195. The standard InChI is InChI=1S/C12H20N2O6/c1-19-6-5-14(8-10(15)16)12(18)13-4-3-9(7-13)11(17)20-2/h9H,3-8H2,1-2H3,(H,15,16). The summed E-state index contributed by atoms with van der Waals surface area (Å²) in [7, 11) is 2.79. The van der Waals surface area contributed by atoms with Crippen molar-refractivity contribution in [3.8, 4) is 0 Å². The maximum absolute atomic E-state index is 12.2. The lowest BCUT2D eigenvalue weighted by molar-refractivity contribution is -0.145. The van der Waals surface area contributed by atoms with Gasteiger partial charge in [-0.3, -0.25) is 9.59 Å². The van der Waals surface area contributed by atoms with Gasteiger partial charge >= 0.3 is 18.0 Å². The fourth-order valence-electron chi connectivity index (χ4n) is 2.10. The van der Waals surface area contributed by atoms with Gasteiger partial charge in [-0.15, -0.1) is 0 Å². The summed E-state index contributed by atoms with van der Waals surface area (Å²) in [5.74, 6) is -1.77. The monoisotopic (exact) mass is 288 g/mol. The Labute approximate surface area is 117 Å². The minimum atomic E-state index is -1.09. The first-order valence-electron chi connectivity index (χ1n) is 6.32. The van der Waals surface area contributed by atoms with Crippen molar-refractivity contribution in [2.45, 2.75) is 6.42 Å². The van der Waals surface area contributed by atoms with Crippen LogP contribution in [0.1, 0.15) is 6.42 Å². The molecule has 1 aliphatic heterocycles. The molecular weight excluding hydrogens is 268 g/mol. The Hall–Kier alpha value is -1.83. The Morgan fingerprint density at radius 3 is 2.60 bits per heavy atom. The van der Waals surface area contributed by atoms with Crippen LogP contribution in [0.2, 0.25) is 0 Å². The van der Waals surface area contributed by atoms with Crippen LogP contribution in [0.25, 0.3) is 0 Å². The van der Waals surface area contributed by atoms with Crippen LogP contribution in [-0.2, 0) is 19.1 Å². The van der Waals surface area contributed by atoms with Gasteiger partial charge in [0.2, 0.25) is 0 Å². The molecule has 0 aromatic carbocycles. The van der Waals surface area contributed by atoms with Crippen LogP contribution in [0.5, 0.6) is 0 Å². The summed E-state index contributed by atoms with van der Waals surface area (Å²) in [6.07, 6.45) is 0.531. The molecule has 0 aliphatic carbocycles. The maximum Gasteiger partial charge on any atom is 0.323 e. The Bertz CT molecular complexity index is 373. The van der Waals surface area contributed by atoms with E-state index in [4.69, 9.17) is 9.84 Å². The van der Waals surface area contributed by atoms with Crippen LogP contribution in [0.3, 0.4) is 0 Å². The molecule has 2 amide bonds. The first-order chi connectivity index (χ1) is 9.49. The molecule has 1 unspecified atom stereocenters. The van der Waals surface area contributed by atoms with Crippen LogP contribution in [-0.4, -0.2) is 79.9 Å². The van der Waals surface area contributed by atoms with E-state index in [9.17, 15) is 14.4 Å². The number of likely N-dealkylation sites (tertiary alicyclic amines) is 1. The number of rotatable bonds is 6. The second kappa shape index (κ2) is 7.68. The number of ether oxygens (including phenoxy) is 2. The SMILES string of the molecule is COCCN(CC(=O)O)C(=O)N1CCC(C(=O)OC)C1. The van der Waals surface area contributed by atoms with E-state index in [0.717, 1.165) is 0 Å². The quantitative estimate of drug-likeness (QED) is 0.670. The van der Waals surface area contributed by atoms with Crippen LogP contribution in [0, 0.1) is 5.92 Å². The van der Waals surface area contributed by atoms with E-state index in [-0.39, 0.29) is 38.1 Å². The predicted molar refractivity (Wildman–Crippen MR) is 68.2 cm³/mol. The van der Waals surface area contributed by atoms with Gasteiger partial charge in [0.25, 0.3) is 0 Å². The van der Waals surface area contributed by atoms with Crippen LogP contribution in [0.15, 0.2) is 0 Å². The molecule has 1 saturated heterocycles. The van der Waals surface area contributed by atoms with Gasteiger partial charge in [-0.1, -0.05) is 0 Å². The molecule has 0 aromatic rings. The van der Waals surface area contributed by atoms with Gasteiger partial charge in [0, 0.05) is 26.7 Å². The topological polar surface area (TPSA) is 96.4 Å². The first kappa shape index (κ1) is 16.2. The third-order valence-corrected chi connectivity index (χ3v) is 3.16. The minimum Gasteiger partial charge on any atom is -0.480 e. The third kappa shape index (κ3) is 4.37. The number of amides is 2. The fraction of sp³-hybridized carbons (Fsp3) is 0.750. The van der Waals surface area contributed by atoms with E-state index < -0.39 is 12.0 Å². The lowest BCUT2D eigenvalue weighted by Gasteiger charge is -2.26. The van der Waals surface area contributed by atoms with E-state index in [1.165, 1.54) is 24.0 Å². The Morgan fingerprint density at radius 1 is 1.35 bits per heavy atom. The lowest BCUT2D eigenvalue weighted by atomic mass is 10.1. The average molecular weight is 288 g/mol. The largest absolute Gasteiger partial charge is 0.480 e. The number of esters is 1. The number of nitrogens with zero attached hydrogens (tertiary/aromatic N) is 2. The molecule has 1 heterocycles. The van der Waals surface area contributed by atoms with Gasteiger partial charge in [-0.2, -0.15) is 0 Å². The average Bonchev–Trinajstić information content (AvgIpc) is 2.91. The molecule has 0 bridgehead atoms. The highest BCUT2D eigenvalue weighted by Crippen LogP contribution is 2.18. The highest BCUT2D eigenvalue weighted by atomic mass is 16.5. The molecule has 1 rings (SSSR count). The van der Waals surface area contributed by atoms with Gasteiger partial charge in [-0.25, -0.2) is 4.79 Å². The van der Waals surface area contributed by atoms with Gasteiger partial charge in [0.05, 0.1) is 19.6 Å². The molecule has 114 valence electrons. The van der Waals surface area contributed by atoms with E-state index in [1.807, 2.05) is 0 Å². The number of hydrogen-bond acceptors (Lipinski definition) is 5. The molecule has 0 spiro atoms. The van der Waals surface area contributed by atoms with Crippen molar-refractivity contribution in [2.24, 2.45) is 5.92 Å². The molecular formula is C12H20N2O6. The zero-order chi connectivity index (χ0) is 15.1. The number of carboxylic acids is 1. The van der Waals surface area contributed by atoms with Crippen molar-refractivity contribution >= 4 is 18.0 Å². The molecule has 8 heteroatoms. The van der Waals surface area contributed by atoms with Crippen molar-refractivity contribution in [3.63, 3.8) is 0 Å². The second-order valence-corrected chi connectivity index (χ2v) is 4.55. The summed E-state index contributed by atoms with van der Waals surface area (Å²) in [6.45, 7) is 0.742. The predicted octanol–water partition coefficient (Wildman–Crippen LogP) is -0.366. The second-order valence-electron chi connectivity index (χ2n) is 4.55. The Kier molecular flexibility index (Phi) is 6.23. The summed E-state index contributed by atoms with van der Waals surface area (Å²) in [6, 6.07) is -0.393. The normalized spacial score (nSPS) is 17.9. The van der Waals surface area contributed by atoms with Crippen molar-refractivity contribution in [1.82, 2.24) is 9.80 Å². The molecule has 0 saturated carbocycles. The summed E-state index contributed by atoms with van der Waals surface area (Å²) >= 11 is 0. The molecule has 1 N–H and O–H groups in total. The van der Waals surface area contributed by atoms with E-state index in [0.29, 0.717) is 13.0 Å². The van der Waals surface area contributed by atoms with Gasteiger partial charge in [-0.05, 0) is 6.42 Å². The number of carboxylic acid groups (broad SMARTS) is 1. The van der Waals surface area contributed by atoms with Crippen molar-refractivity contribution in [3.05, 3.63) is 0 Å². The lowest BCUT2D eigenvalue weighted by Crippen LogP contribution is -2.46.